The Bertz CT molecular complexity index is 730. The van der Waals surface area contributed by atoms with Gasteiger partial charge in [0.25, 0.3) is 0 Å². The Morgan fingerprint density at radius 2 is 2.15 bits per heavy atom. The summed E-state index contributed by atoms with van der Waals surface area (Å²) in [4.78, 5) is 34.4. The van der Waals surface area contributed by atoms with Crippen molar-refractivity contribution in [1.82, 2.24) is 9.88 Å². The van der Waals surface area contributed by atoms with Crippen LogP contribution in [0.4, 0.5) is 0 Å². The molecule has 1 aromatic carbocycles. The zero-order chi connectivity index (χ0) is 14.3. The molecule has 1 unspecified atom stereocenters. The molecule has 1 fully saturated rings. The van der Waals surface area contributed by atoms with Crippen LogP contribution in [0.25, 0.3) is 10.9 Å². The summed E-state index contributed by atoms with van der Waals surface area (Å²) < 4.78 is 1.86. The molecule has 1 aliphatic rings. The molecule has 0 aliphatic carbocycles. The topological polar surface area (TPSA) is 68.2 Å². The smallest absolute Gasteiger partial charge is 0.234 e. The first-order chi connectivity index (χ1) is 9.61. The first-order valence-electron chi connectivity index (χ1n) is 6.48. The summed E-state index contributed by atoms with van der Waals surface area (Å²) in [6.45, 7) is 0. The highest BCUT2D eigenvalue weighted by Gasteiger charge is 2.30. The number of benzene rings is 1. The van der Waals surface area contributed by atoms with Crippen molar-refractivity contribution >= 4 is 29.0 Å². The van der Waals surface area contributed by atoms with Gasteiger partial charge in [-0.2, -0.15) is 0 Å². The van der Waals surface area contributed by atoms with E-state index in [4.69, 9.17) is 0 Å². The number of hydrogen-bond donors (Lipinski definition) is 1. The lowest BCUT2D eigenvalue weighted by molar-refractivity contribution is -0.134. The van der Waals surface area contributed by atoms with Crippen LogP contribution in [0.5, 0.6) is 0 Å². The SMILES string of the molecule is Cn1cc(C=O)c2cccc(C3CCC(=O)NC3=O)c21. The molecule has 0 spiro atoms. The Morgan fingerprint density at radius 1 is 1.35 bits per heavy atom. The monoisotopic (exact) mass is 270 g/mol. The maximum absolute atomic E-state index is 12.0. The van der Waals surface area contributed by atoms with Gasteiger partial charge in [0.05, 0.1) is 11.4 Å². The number of piperidine rings is 1. The maximum atomic E-state index is 12.0. The van der Waals surface area contributed by atoms with Crippen molar-refractivity contribution in [3.8, 4) is 0 Å². The van der Waals surface area contributed by atoms with Crippen molar-refractivity contribution < 1.29 is 14.4 Å². The minimum Gasteiger partial charge on any atom is -0.350 e. The first kappa shape index (κ1) is 12.6. The Balaban J connectivity index is 2.17. The second-order valence-electron chi connectivity index (χ2n) is 5.06. The lowest BCUT2D eigenvalue weighted by Crippen LogP contribution is -2.39. The first-order valence-corrected chi connectivity index (χ1v) is 6.48. The predicted molar refractivity (Wildman–Crippen MR) is 73.4 cm³/mol. The molecule has 0 bridgehead atoms. The van der Waals surface area contributed by atoms with Crippen LogP contribution in [0.15, 0.2) is 24.4 Å². The van der Waals surface area contributed by atoms with Crippen molar-refractivity contribution in [3.63, 3.8) is 0 Å². The molecule has 1 saturated heterocycles. The van der Waals surface area contributed by atoms with Gasteiger partial charge in [0, 0.05) is 30.6 Å². The van der Waals surface area contributed by atoms with E-state index in [1.54, 1.807) is 6.20 Å². The summed E-state index contributed by atoms with van der Waals surface area (Å²) in [5.41, 5.74) is 2.35. The van der Waals surface area contributed by atoms with Crippen LogP contribution in [0, 0.1) is 0 Å². The third kappa shape index (κ3) is 1.82. The van der Waals surface area contributed by atoms with E-state index in [0.717, 1.165) is 22.8 Å². The van der Waals surface area contributed by atoms with E-state index in [1.807, 2.05) is 29.8 Å². The number of aldehydes is 1. The molecule has 102 valence electrons. The van der Waals surface area contributed by atoms with Gasteiger partial charge in [-0.3, -0.25) is 19.7 Å². The number of para-hydroxylation sites is 1. The molecule has 1 aromatic heterocycles. The molecule has 0 radical (unpaired) electrons. The quantitative estimate of drug-likeness (QED) is 0.664. The van der Waals surface area contributed by atoms with Crippen molar-refractivity contribution in [1.29, 1.82) is 0 Å². The van der Waals surface area contributed by atoms with Crippen LogP contribution in [0.2, 0.25) is 0 Å². The average Bonchev–Trinajstić information content (AvgIpc) is 2.76. The molecule has 5 heteroatoms. The summed E-state index contributed by atoms with van der Waals surface area (Å²) in [5, 5.41) is 3.21. The van der Waals surface area contributed by atoms with E-state index in [0.29, 0.717) is 18.4 Å². The van der Waals surface area contributed by atoms with Gasteiger partial charge in [-0.15, -0.1) is 0 Å². The van der Waals surface area contributed by atoms with Crippen molar-refractivity contribution in [3.05, 3.63) is 35.5 Å². The Morgan fingerprint density at radius 3 is 2.85 bits per heavy atom. The number of carbonyl (C=O) groups excluding carboxylic acids is 3. The molecule has 2 aromatic rings. The van der Waals surface area contributed by atoms with Gasteiger partial charge < -0.3 is 4.57 Å². The minimum absolute atomic E-state index is 0.223. The van der Waals surface area contributed by atoms with E-state index in [2.05, 4.69) is 5.32 Å². The van der Waals surface area contributed by atoms with Crippen LogP contribution in [0.3, 0.4) is 0 Å². The van der Waals surface area contributed by atoms with Crippen LogP contribution in [0.1, 0.15) is 34.7 Å². The van der Waals surface area contributed by atoms with Crippen molar-refractivity contribution in [2.24, 2.45) is 7.05 Å². The third-order valence-electron chi connectivity index (χ3n) is 3.81. The summed E-state index contributed by atoms with van der Waals surface area (Å²) in [6.07, 6.45) is 3.42. The average molecular weight is 270 g/mol. The number of nitrogens with one attached hydrogen (secondary N) is 1. The summed E-state index contributed by atoms with van der Waals surface area (Å²) in [5.74, 6) is -0.828. The summed E-state index contributed by atoms with van der Waals surface area (Å²) >= 11 is 0. The van der Waals surface area contributed by atoms with Gasteiger partial charge in [0.1, 0.15) is 0 Å². The van der Waals surface area contributed by atoms with E-state index >= 15 is 0 Å². The molecule has 1 atom stereocenters. The maximum Gasteiger partial charge on any atom is 0.234 e. The Hall–Kier alpha value is -2.43. The van der Waals surface area contributed by atoms with Crippen LogP contribution in [-0.4, -0.2) is 22.7 Å². The van der Waals surface area contributed by atoms with Gasteiger partial charge in [-0.25, -0.2) is 0 Å². The van der Waals surface area contributed by atoms with Gasteiger partial charge >= 0.3 is 0 Å². The molecule has 0 saturated carbocycles. The number of carbonyl (C=O) groups is 3. The Labute approximate surface area is 115 Å². The number of hydrogen-bond acceptors (Lipinski definition) is 3. The number of nitrogens with zero attached hydrogens (tertiary/aromatic N) is 1. The predicted octanol–water partition coefficient (Wildman–Crippen LogP) is 1.51. The summed E-state index contributed by atoms with van der Waals surface area (Å²) in [6, 6.07) is 5.60. The van der Waals surface area contributed by atoms with Crippen molar-refractivity contribution in [2.45, 2.75) is 18.8 Å². The fourth-order valence-corrected chi connectivity index (χ4v) is 2.90. The zero-order valence-electron chi connectivity index (χ0n) is 11.1. The molecule has 2 heterocycles. The molecular formula is C15H14N2O3. The van der Waals surface area contributed by atoms with E-state index in [-0.39, 0.29) is 17.7 Å². The second-order valence-corrected chi connectivity index (χ2v) is 5.06. The van der Waals surface area contributed by atoms with Gasteiger partial charge in [-0.05, 0) is 12.0 Å². The van der Waals surface area contributed by atoms with Crippen LogP contribution >= 0.6 is 0 Å². The number of amides is 2. The van der Waals surface area contributed by atoms with Crippen LogP contribution in [-0.2, 0) is 16.6 Å². The van der Waals surface area contributed by atoms with Crippen LogP contribution < -0.4 is 5.32 Å². The Kier molecular flexibility index (Phi) is 2.89. The number of aromatic nitrogens is 1. The van der Waals surface area contributed by atoms with Gasteiger partial charge in [0.15, 0.2) is 6.29 Å². The molecule has 3 rings (SSSR count). The highest BCUT2D eigenvalue weighted by molar-refractivity contribution is 6.04. The van der Waals surface area contributed by atoms with E-state index < -0.39 is 0 Å². The molecular weight excluding hydrogens is 256 g/mol. The zero-order valence-corrected chi connectivity index (χ0v) is 11.1. The van der Waals surface area contributed by atoms with E-state index in [9.17, 15) is 14.4 Å². The molecule has 1 aliphatic heterocycles. The molecule has 2 amide bonds. The minimum atomic E-state index is -0.343. The lowest BCUT2D eigenvalue weighted by atomic mass is 9.89. The second kappa shape index (κ2) is 4.59. The largest absolute Gasteiger partial charge is 0.350 e. The number of imide groups is 1. The number of rotatable bonds is 2. The number of aryl methyl sites for hydroxylation is 1. The highest BCUT2D eigenvalue weighted by Crippen LogP contribution is 2.32. The normalized spacial score (nSPS) is 19.1. The molecule has 20 heavy (non-hydrogen) atoms. The fraction of sp³-hybridized carbons (Fsp3) is 0.267. The third-order valence-corrected chi connectivity index (χ3v) is 3.81. The molecule has 1 N–H and O–H groups in total. The number of fused-ring (bicyclic) bond motifs is 1. The van der Waals surface area contributed by atoms with Gasteiger partial charge in [0.2, 0.25) is 11.8 Å². The highest BCUT2D eigenvalue weighted by atomic mass is 16.2. The fourth-order valence-electron chi connectivity index (χ4n) is 2.90. The molecule has 5 nitrogen and oxygen atoms in total. The van der Waals surface area contributed by atoms with E-state index in [1.165, 1.54) is 0 Å². The standard InChI is InChI=1S/C15H14N2O3/c1-17-7-9(8-18)10-3-2-4-11(14(10)17)12-5-6-13(19)16-15(12)20/h2-4,7-8,12H,5-6H2,1H3,(H,16,19,20). The summed E-state index contributed by atoms with van der Waals surface area (Å²) in [7, 11) is 1.85. The van der Waals surface area contributed by atoms with Gasteiger partial charge in [-0.1, -0.05) is 18.2 Å². The lowest BCUT2D eigenvalue weighted by Gasteiger charge is -2.22. The van der Waals surface area contributed by atoms with Crippen molar-refractivity contribution in [2.75, 3.05) is 0 Å².